The Kier molecular flexibility index (Phi) is 33.2. The van der Waals surface area contributed by atoms with Gasteiger partial charge in [-0.05, 0) is 94.7 Å². The average Bonchev–Trinajstić information content (AvgIpc) is 1.61. The number of ether oxygens (including phenoxy) is 5. The van der Waals surface area contributed by atoms with Gasteiger partial charge in [-0.1, -0.05) is 45.9 Å². The molecular formula is C78H94N18O26S2. The number of nitrogens with one attached hydrogen (secondary N) is 9. The van der Waals surface area contributed by atoms with Crippen LogP contribution in [0.2, 0.25) is 0 Å². The number of anilines is 3. The number of aromatic amines is 1. The number of unbranched alkanes of at least 4 members (excludes halogenated alkanes) is 2. The molecule has 10 atom stereocenters. The van der Waals surface area contributed by atoms with Crippen molar-refractivity contribution in [2.45, 2.75) is 151 Å². The standard InChI is InChI=1S/C78H94N18O26S2/c1-37-20-44-32-84-49-25-58(56(118-4)23-45(49)71(110)94(44)33-37)120-18-7-6-8-19-121-59-29-53-46(24-57(59)119-5)72(111)95-34-38(2)21-54(95)73(112)96(53)78(117)122-35-39(3)124-123-36-41(74(113)114)22-55(97)50(26-61(99)100)90-69(108)52(28-63(103)104)91-67(106)47(10-9-17-82-76(79)80)88-68(107)51(27-62(101)102)87-60(98)16-15-48(75(115)116)89-66(105)40-11-13-42(14-12-40)83-30-43-31-85-65-64(86-43)70(109)93-77(81)92-65/h11-14,23-25,29,31-32,39,41,44,47-48,50-52,54,73,83,112H,1-2,6-10,15-22,26-28,30,33-36H2,3-5H3,(H,87,98)(H,88,107)(H,89,105)(H,90,108)(H,91,106)(H,99,100)(H,101,102)(H,103,104)(H,113,114)(H,115,116)(H4,79,80,82)(H3,81,85,92,93,109)/t39?,41-,44-,47-,48-,50-,51-,52-,54-,73-/m0/s1. The molecule has 44 nitrogen and oxygen atoms in total. The first-order valence-corrected chi connectivity index (χ1v) is 41.1. The first-order valence-electron chi connectivity index (χ1n) is 38.7. The third-order valence-corrected chi connectivity index (χ3v) is 22.7. The molecule has 6 heterocycles. The highest BCUT2D eigenvalue weighted by Gasteiger charge is 2.47. The maximum Gasteiger partial charge on any atom is 0.416 e. The van der Waals surface area contributed by atoms with Gasteiger partial charge >= 0.3 is 35.9 Å². The fourth-order valence-electron chi connectivity index (χ4n) is 13.5. The number of hydrogen-bond acceptors (Lipinski definition) is 30. The van der Waals surface area contributed by atoms with Crippen molar-refractivity contribution in [2.24, 2.45) is 16.6 Å². The molecule has 5 aromatic rings. The SMILES string of the molecule is C=C1C[C@H]2C=Nc3cc(OCCCCCOc4cc5c(cc4OC)C(=O)N4CC(=C)C[C@H]4[C@H](O)N5C(=O)OCC(C)SSC[C@H](CC(=O)[C@H](CC(=O)O)NC(=O)[C@H](CC(=O)O)NC(=O)[C@H](CCCNC(=N)N)NC(=O)[C@H](CC(=O)O)NC(=O)CC[C@H](NC(=O)c4ccc(NCc5cnc6nc(N)[nH]c(=O)c6n5)cc4)C(=O)O)C(=O)O)c(OC)cc3C(=O)N2C1. The molecule has 9 rings (SSSR count). The van der Waals surface area contributed by atoms with Gasteiger partial charge in [-0.25, -0.2) is 24.5 Å². The second-order valence-electron chi connectivity index (χ2n) is 29.1. The number of aliphatic carboxylic acids is 5. The molecule has 19 N–H and O–H groups in total. The summed E-state index contributed by atoms with van der Waals surface area (Å²) >= 11 is 0. The molecule has 3 aromatic carbocycles. The van der Waals surface area contributed by atoms with Gasteiger partial charge < -0.3 is 113 Å². The number of guanidine groups is 1. The maximum absolute atomic E-state index is 14.4. The molecule has 4 aliphatic rings. The quantitative estimate of drug-likeness (QED) is 0.00868. The number of nitrogens with zero attached hydrogens (tertiary/aromatic N) is 7. The van der Waals surface area contributed by atoms with Gasteiger partial charge in [0.1, 0.15) is 30.8 Å². The Hall–Kier alpha value is -13.7. The monoisotopic (exact) mass is 1760 g/mol. The molecule has 0 aliphatic carbocycles. The normalized spacial score (nSPS) is 16.7. The van der Waals surface area contributed by atoms with Gasteiger partial charge in [0, 0.05) is 73.1 Å². The van der Waals surface area contributed by atoms with Crippen molar-refractivity contribution in [1.82, 2.24) is 61.6 Å². The van der Waals surface area contributed by atoms with Crippen molar-refractivity contribution in [1.29, 1.82) is 5.41 Å². The van der Waals surface area contributed by atoms with Crippen molar-refractivity contribution in [2.75, 3.05) is 75.4 Å². The van der Waals surface area contributed by atoms with Crippen molar-refractivity contribution >= 4 is 151 Å². The summed E-state index contributed by atoms with van der Waals surface area (Å²) in [5.41, 5.74) is 13.3. The zero-order chi connectivity index (χ0) is 90.3. The van der Waals surface area contributed by atoms with E-state index in [9.17, 15) is 103 Å². The number of nitrogen functional groups attached to an aromatic ring is 1. The predicted octanol–water partition coefficient (Wildman–Crippen LogP) is 1.80. The number of hydrogen-bond donors (Lipinski definition) is 17. The average molecular weight is 1760 g/mol. The van der Waals surface area contributed by atoms with Crippen LogP contribution in [-0.4, -0.2) is 269 Å². The molecule has 46 heteroatoms. The van der Waals surface area contributed by atoms with E-state index in [1.165, 1.54) is 61.7 Å². The minimum atomic E-state index is -2.20. The van der Waals surface area contributed by atoms with Gasteiger partial charge in [0.25, 0.3) is 23.3 Å². The Morgan fingerprint density at radius 1 is 0.685 bits per heavy atom. The number of aromatic nitrogens is 4. The number of carboxylic acid groups (broad SMARTS) is 5. The summed E-state index contributed by atoms with van der Waals surface area (Å²) in [4.78, 5) is 222. The summed E-state index contributed by atoms with van der Waals surface area (Å²) in [6.07, 6.45) is -3.85. The highest BCUT2D eigenvalue weighted by atomic mass is 33.1. The topological polar surface area (TPSA) is 660 Å². The van der Waals surface area contributed by atoms with Gasteiger partial charge in [0.15, 0.2) is 52.1 Å². The minimum absolute atomic E-state index is 0.0250. The zero-order valence-electron chi connectivity index (χ0n) is 67.3. The molecule has 8 amide bonds. The van der Waals surface area contributed by atoms with Gasteiger partial charge in [-0.3, -0.25) is 77.7 Å². The molecule has 2 aromatic heterocycles. The van der Waals surface area contributed by atoms with Crippen LogP contribution in [0.5, 0.6) is 23.0 Å². The van der Waals surface area contributed by atoms with E-state index >= 15 is 0 Å². The molecule has 2 saturated heterocycles. The van der Waals surface area contributed by atoms with Crippen LogP contribution in [0.25, 0.3) is 11.2 Å². The largest absolute Gasteiger partial charge is 0.493 e. The summed E-state index contributed by atoms with van der Waals surface area (Å²) < 4.78 is 29.3. The number of carbonyl (C=O) groups is 14. The van der Waals surface area contributed by atoms with E-state index < -0.39 is 187 Å². The van der Waals surface area contributed by atoms with E-state index in [1.54, 1.807) is 30.2 Å². The maximum atomic E-state index is 14.4. The third-order valence-electron chi connectivity index (χ3n) is 19.7. The Balaban J connectivity index is 0.769. The minimum Gasteiger partial charge on any atom is -0.493 e. The van der Waals surface area contributed by atoms with Crippen molar-refractivity contribution in [3.05, 3.63) is 112 Å². The molecular weight excluding hydrogens is 1670 g/mol. The van der Waals surface area contributed by atoms with Crippen molar-refractivity contribution < 1.29 is 121 Å². The number of methoxy groups -OCH3 is 2. The van der Waals surface area contributed by atoms with Gasteiger partial charge in [0.05, 0.1) is 112 Å². The van der Waals surface area contributed by atoms with Crippen molar-refractivity contribution in [3.8, 4) is 23.0 Å². The van der Waals surface area contributed by atoms with E-state index in [4.69, 9.17) is 40.6 Å². The first kappa shape index (κ1) is 94.2. The summed E-state index contributed by atoms with van der Waals surface area (Å²) in [7, 11) is 4.72. The molecule has 0 saturated carbocycles. The molecule has 664 valence electrons. The van der Waals surface area contributed by atoms with Gasteiger partial charge in [-0.15, -0.1) is 0 Å². The molecule has 4 aliphatic heterocycles. The number of ketones is 1. The number of benzene rings is 3. The summed E-state index contributed by atoms with van der Waals surface area (Å²) in [6, 6.07) is 0.614. The van der Waals surface area contributed by atoms with Crippen LogP contribution in [0.4, 0.5) is 27.8 Å². The number of carboxylic acids is 5. The van der Waals surface area contributed by atoms with Crippen molar-refractivity contribution in [3.63, 3.8) is 0 Å². The number of aliphatic imine (C=N–C) groups is 1. The second-order valence-corrected chi connectivity index (χ2v) is 32.0. The first-order chi connectivity index (χ1) is 59.0. The number of rotatable bonds is 46. The summed E-state index contributed by atoms with van der Waals surface area (Å²) in [5.74, 6) is -18.1. The molecule has 0 bridgehead atoms. The Bertz CT molecular complexity index is 5050. The molecule has 124 heavy (non-hydrogen) atoms. The lowest BCUT2D eigenvalue weighted by atomic mass is 9.97. The lowest BCUT2D eigenvalue weighted by Crippen LogP contribution is -2.58. The summed E-state index contributed by atoms with van der Waals surface area (Å²) in [5, 5.41) is 85.2. The highest BCUT2D eigenvalue weighted by Crippen LogP contribution is 2.43. The van der Waals surface area contributed by atoms with Crippen LogP contribution >= 0.6 is 21.6 Å². The number of aliphatic hydroxyl groups is 1. The Morgan fingerprint density at radius 2 is 1.28 bits per heavy atom. The number of aliphatic hydroxyl groups excluding tert-OH is 1. The van der Waals surface area contributed by atoms with Gasteiger partial charge in [-0.2, -0.15) is 4.98 Å². The van der Waals surface area contributed by atoms with E-state index in [2.05, 4.69) is 75.3 Å². The van der Waals surface area contributed by atoms with Crippen LogP contribution < -0.4 is 78.1 Å². The number of amides is 8. The fourth-order valence-corrected chi connectivity index (χ4v) is 15.9. The predicted molar refractivity (Wildman–Crippen MR) is 444 cm³/mol. The van der Waals surface area contributed by atoms with Gasteiger partial charge in [0.2, 0.25) is 29.6 Å². The van der Waals surface area contributed by atoms with E-state index in [-0.39, 0.29) is 115 Å². The highest BCUT2D eigenvalue weighted by molar-refractivity contribution is 8.76. The van der Waals surface area contributed by atoms with E-state index in [0.717, 1.165) is 32.1 Å². The fraction of sp³-hybridized carbons (Fsp3) is 0.436. The number of Topliss-reactive ketones (excluding diaryl/α,β-unsaturated/α-hetero) is 1. The Morgan fingerprint density at radius 3 is 1.92 bits per heavy atom. The molecule has 2 fully saturated rings. The lowest BCUT2D eigenvalue weighted by Gasteiger charge is -2.31. The van der Waals surface area contributed by atoms with Crippen LogP contribution in [0.1, 0.15) is 127 Å². The van der Waals surface area contributed by atoms with E-state index in [0.29, 0.717) is 71.9 Å². The number of H-pyrrole nitrogens is 1. The lowest BCUT2D eigenvalue weighted by molar-refractivity contribution is -0.145. The van der Waals surface area contributed by atoms with Crippen LogP contribution in [0.3, 0.4) is 0 Å². The number of fused-ring (bicyclic) bond motifs is 5. The number of carbonyl (C=O) groups excluding carboxylic acids is 9. The van der Waals surface area contributed by atoms with E-state index in [1.807, 2.05) is 0 Å². The Labute approximate surface area is 713 Å². The van der Waals surface area contributed by atoms with Crippen LogP contribution in [-0.2, 0) is 59.2 Å². The smallest absolute Gasteiger partial charge is 0.416 e. The second kappa shape index (κ2) is 43.7. The third kappa shape index (κ3) is 25.7. The summed E-state index contributed by atoms with van der Waals surface area (Å²) in [6.45, 7) is 10.0. The molecule has 0 radical (unpaired) electrons. The molecule has 1 unspecified atom stereocenters. The number of nitrogens with two attached hydrogens (primary N) is 2. The zero-order valence-corrected chi connectivity index (χ0v) is 68.9. The van der Waals surface area contributed by atoms with Crippen LogP contribution in [0.15, 0.2) is 88.8 Å². The van der Waals surface area contributed by atoms with Crippen LogP contribution in [0, 0.1) is 11.3 Å². The molecule has 0 spiro atoms.